The molecule has 0 fully saturated rings. The molecule has 0 unspecified atom stereocenters. The largest absolute Gasteiger partial charge is 0.311 e. The molecule has 0 saturated carbocycles. The lowest BCUT2D eigenvalue weighted by Gasteiger charge is -2.23. The summed E-state index contributed by atoms with van der Waals surface area (Å²) < 4.78 is 26.8. The first-order valence-electron chi connectivity index (χ1n) is 6.67. The minimum Gasteiger partial charge on any atom is -0.311 e. The Kier molecular flexibility index (Phi) is 5.88. The number of amides is 1. The monoisotopic (exact) mass is 313 g/mol. The van der Waals surface area contributed by atoms with Crippen LogP contribution in [0.25, 0.3) is 0 Å². The Morgan fingerprint density at radius 2 is 1.67 bits per heavy atom. The smallest absolute Gasteiger partial charge is 0.278 e. The molecule has 7 heteroatoms. The van der Waals surface area contributed by atoms with Gasteiger partial charge in [-0.05, 0) is 37.1 Å². The van der Waals surface area contributed by atoms with Crippen LogP contribution in [0.2, 0.25) is 0 Å². The third-order valence-corrected chi connectivity index (χ3v) is 4.53. The minimum atomic E-state index is -3.47. The minimum absolute atomic E-state index is 0.121. The van der Waals surface area contributed by atoms with E-state index < -0.39 is 10.2 Å². The lowest BCUT2D eigenvalue weighted by molar-refractivity contribution is -0.116. The van der Waals surface area contributed by atoms with Crippen LogP contribution in [0, 0.1) is 13.8 Å². The second-order valence-electron chi connectivity index (χ2n) is 5.20. The Hall–Kier alpha value is -1.44. The molecule has 0 heterocycles. The van der Waals surface area contributed by atoms with Gasteiger partial charge >= 0.3 is 0 Å². The Morgan fingerprint density at radius 1 is 1.14 bits per heavy atom. The zero-order valence-corrected chi connectivity index (χ0v) is 14.0. The van der Waals surface area contributed by atoms with Gasteiger partial charge in [-0.3, -0.25) is 4.79 Å². The SMILES string of the molecule is CC(=O)N(CCNS(=O)(=O)N(C)C)c1cc(C)cc(C)c1. The Bertz CT molecular complexity index is 592. The third-order valence-electron chi connectivity index (χ3n) is 3.00. The molecule has 0 aliphatic rings. The summed E-state index contributed by atoms with van der Waals surface area (Å²) in [7, 11) is -0.566. The van der Waals surface area contributed by atoms with E-state index in [1.54, 1.807) is 4.90 Å². The van der Waals surface area contributed by atoms with Crippen molar-refractivity contribution in [3.63, 3.8) is 0 Å². The number of carbonyl (C=O) groups excluding carboxylic acids is 1. The summed E-state index contributed by atoms with van der Waals surface area (Å²) in [5, 5.41) is 0. The van der Waals surface area contributed by atoms with E-state index in [2.05, 4.69) is 4.72 Å². The molecule has 0 aliphatic carbocycles. The highest BCUT2D eigenvalue weighted by Crippen LogP contribution is 2.18. The maximum Gasteiger partial charge on any atom is 0.278 e. The van der Waals surface area contributed by atoms with E-state index in [1.807, 2.05) is 32.0 Å². The number of rotatable bonds is 6. The molecule has 21 heavy (non-hydrogen) atoms. The topological polar surface area (TPSA) is 69.7 Å². The predicted molar refractivity (Wildman–Crippen MR) is 84.6 cm³/mol. The number of benzene rings is 1. The number of carbonyl (C=O) groups is 1. The van der Waals surface area contributed by atoms with E-state index in [-0.39, 0.29) is 19.0 Å². The standard InChI is InChI=1S/C14H23N3O3S/c1-11-8-12(2)10-14(9-11)17(13(3)18)7-6-15-21(19,20)16(4)5/h8-10,15H,6-7H2,1-5H3. The molecule has 1 aromatic carbocycles. The average molecular weight is 313 g/mol. The van der Waals surface area contributed by atoms with Crippen molar-refractivity contribution in [3.8, 4) is 0 Å². The van der Waals surface area contributed by atoms with Gasteiger partial charge in [0, 0.05) is 39.8 Å². The van der Waals surface area contributed by atoms with Gasteiger partial charge in [-0.2, -0.15) is 12.7 Å². The van der Waals surface area contributed by atoms with Gasteiger partial charge in [0.1, 0.15) is 0 Å². The number of nitrogens with zero attached hydrogens (tertiary/aromatic N) is 2. The van der Waals surface area contributed by atoms with Crippen LogP contribution in [0.4, 0.5) is 5.69 Å². The molecule has 1 aromatic rings. The summed E-state index contributed by atoms with van der Waals surface area (Å²) in [6.07, 6.45) is 0. The van der Waals surface area contributed by atoms with Crippen molar-refractivity contribution >= 4 is 21.8 Å². The van der Waals surface area contributed by atoms with E-state index in [9.17, 15) is 13.2 Å². The Balaban J connectivity index is 2.82. The van der Waals surface area contributed by atoms with Crippen molar-refractivity contribution in [1.29, 1.82) is 0 Å². The Morgan fingerprint density at radius 3 is 2.10 bits per heavy atom. The first kappa shape index (κ1) is 17.6. The van der Waals surface area contributed by atoms with Crippen LogP contribution in [0.3, 0.4) is 0 Å². The van der Waals surface area contributed by atoms with Crippen LogP contribution in [-0.4, -0.2) is 45.8 Å². The van der Waals surface area contributed by atoms with Crippen LogP contribution >= 0.6 is 0 Å². The maximum absolute atomic E-state index is 11.8. The molecule has 1 N–H and O–H groups in total. The molecule has 0 spiro atoms. The Labute approximate surface area is 126 Å². The van der Waals surface area contributed by atoms with E-state index >= 15 is 0 Å². The molecule has 1 amide bonds. The van der Waals surface area contributed by atoms with E-state index in [1.165, 1.54) is 21.0 Å². The average Bonchev–Trinajstić information content (AvgIpc) is 2.32. The summed E-state index contributed by atoms with van der Waals surface area (Å²) in [6, 6.07) is 5.85. The first-order valence-corrected chi connectivity index (χ1v) is 8.11. The number of anilines is 1. The van der Waals surface area contributed by atoms with Gasteiger partial charge in [-0.15, -0.1) is 0 Å². The highest BCUT2D eigenvalue weighted by atomic mass is 32.2. The van der Waals surface area contributed by atoms with E-state index in [0.717, 1.165) is 21.1 Å². The summed E-state index contributed by atoms with van der Waals surface area (Å²) in [4.78, 5) is 13.4. The quantitative estimate of drug-likeness (QED) is 0.853. The lowest BCUT2D eigenvalue weighted by Crippen LogP contribution is -2.41. The lowest BCUT2D eigenvalue weighted by atomic mass is 10.1. The fourth-order valence-electron chi connectivity index (χ4n) is 1.99. The van der Waals surface area contributed by atoms with Crippen molar-refractivity contribution in [3.05, 3.63) is 29.3 Å². The number of hydrogen-bond acceptors (Lipinski definition) is 3. The summed E-state index contributed by atoms with van der Waals surface area (Å²) in [5.41, 5.74) is 2.90. The maximum atomic E-state index is 11.8. The third kappa shape index (κ3) is 5.11. The van der Waals surface area contributed by atoms with Crippen molar-refractivity contribution in [2.24, 2.45) is 0 Å². The van der Waals surface area contributed by atoms with Crippen LogP contribution in [-0.2, 0) is 15.0 Å². The molecule has 118 valence electrons. The second-order valence-corrected chi connectivity index (χ2v) is 7.17. The predicted octanol–water partition coefficient (Wildman–Crippen LogP) is 1.05. The highest BCUT2D eigenvalue weighted by molar-refractivity contribution is 7.87. The van der Waals surface area contributed by atoms with Crippen LogP contribution < -0.4 is 9.62 Å². The summed E-state index contributed by atoms with van der Waals surface area (Å²) in [5.74, 6) is -0.121. The molecule has 0 aliphatic heterocycles. The van der Waals surface area contributed by atoms with Gasteiger partial charge in [-0.1, -0.05) is 6.07 Å². The fraction of sp³-hybridized carbons (Fsp3) is 0.500. The summed E-state index contributed by atoms with van der Waals surface area (Å²) >= 11 is 0. The van der Waals surface area contributed by atoms with E-state index in [4.69, 9.17) is 0 Å². The zero-order chi connectivity index (χ0) is 16.2. The van der Waals surface area contributed by atoms with Crippen molar-refractivity contribution in [1.82, 2.24) is 9.03 Å². The molecule has 6 nitrogen and oxygen atoms in total. The van der Waals surface area contributed by atoms with Crippen LogP contribution in [0.15, 0.2) is 18.2 Å². The van der Waals surface area contributed by atoms with Gasteiger partial charge in [-0.25, -0.2) is 4.72 Å². The summed E-state index contributed by atoms with van der Waals surface area (Å²) in [6.45, 7) is 5.84. The van der Waals surface area contributed by atoms with Crippen LogP contribution in [0.5, 0.6) is 0 Å². The van der Waals surface area contributed by atoms with Gasteiger partial charge in [0.15, 0.2) is 0 Å². The zero-order valence-electron chi connectivity index (χ0n) is 13.2. The number of aryl methyl sites for hydroxylation is 2. The molecule has 0 radical (unpaired) electrons. The molecule has 1 rings (SSSR count). The van der Waals surface area contributed by atoms with Crippen molar-refractivity contribution in [2.45, 2.75) is 20.8 Å². The molecule has 0 saturated heterocycles. The van der Waals surface area contributed by atoms with Gasteiger partial charge in [0.05, 0.1) is 0 Å². The first-order chi connectivity index (χ1) is 9.63. The van der Waals surface area contributed by atoms with Gasteiger partial charge in [0.25, 0.3) is 10.2 Å². The number of nitrogens with one attached hydrogen (secondary N) is 1. The van der Waals surface area contributed by atoms with Crippen LogP contribution in [0.1, 0.15) is 18.1 Å². The molecule has 0 bridgehead atoms. The van der Waals surface area contributed by atoms with Gasteiger partial charge < -0.3 is 4.90 Å². The second kappa shape index (κ2) is 7.02. The molecular weight excluding hydrogens is 290 g/mol. The number of hydrogen-bond donors (Lipinski definition) is 1. The normalized spacial score (nSPS) is 11.7. The van der Waals surface area contributed by atoms with E-state index in [0.29, 0.717) is 0 Å². The molecule has 0 atom stereocenters. The van der Waals surface area contributed by atoms with Crippen molar-refractivity contribution < 1.29 is 13.2 Å². The molecular formula is C14H23N3O3S. The fourth-order valence-corrected chi connectivity index (χ4v) is 2.60. The molecule has 0 aromatic heterocycles. The van der Waals surface area contributed by atoms with Crippen molar-refractivity contribution in [2.75, 3.05) is 32.1 Å². The highest BCUT2D eigenvalue weighted by Gasteiger charge is 2.16. The van der Waals surface area contributed by atoms with Gasteiger partial charge in [0.2, 0.25) is 5.91 Å².